The van der Waals surface area contributed by atoms with Crippen molar-refractivity contribution in [3.05, 3.63) is 29.8 Å². The van der Waals surface area contributed by atoms with Crippen LogP contribution in [0.1, 0.15) is 50.4 Å². The van der Waals surface area contributed by atoms with Gasteiger partial charge in [0.05, 0.1) is 13.7 Å². The standard InChI is InChI=1S/C17H26O3/c1-5-13(2)12-14(3)10-11-20-16-9-7-6-8-15(16)17(18)19-4/h6-9,13-14H,5,10-12H2,1-4H3. The van der Waals surface area contributed by atoms with Crippen molar-refractivity contribution in [2.75, 3.05) is 13.7 Å². The third kappa shape index (κ3) is 5.24. The van der Waals surface area contributed by atoms with E-state index in [1.807, 2.05) is 18.2 Å². The number of benzene rings is 1. The topological polar surface area (TPSA) is 35.5 Å². The molecular weight excluding hydrogens is 252 g/mol. The van der Waals surface area contributed by atoms with Gasteiger partial charge in [0.15, 0.2) is 0 Å². The number of rotatable bonds is 8. The number of carbonyl (C=O) groups excluding carboxylic acids is 1. The maximum atomic E-state index is 11.6. The molecule has 2 atom stereocenters. The van der Waals surface area contributed by atoms with E-state index in [0.29, 0.717) is 23.8 Å². The fourth-order valence-corrected chi connectivity index (χ4v) is 2.21. The summed E-state index contributed by atoms with van der Waals surface area (Å²) in [6, 6.07) is 7.21. The van der Waals surface area contributed by atoms with Crippen molar-refractivity contribution in [2.24, 2.45) is 11.8 Å². The van der Waals surface area contributed by atoms with Gasteiger partial charge in [0.25, 0.3) is 0 Å². The van der Waals surface area contributed by atoms with E-state index < -0.39 is 0 Å². The Hall–Kier alpha value is -1.51. The second-order valence-electron chi connectivity index (χ2n) is 5.48. The average molecular weight is 278 g/mol. The van der Waals surface area contributed by atoms with Crippen LogP contribution in [0.5, 0.6) is 5.75 Å². The van der Waals surface area contributed by atoms with E-state index in [1.54, 1.807) is 6.07 Å². The molecule has 3 heteroatoms. The number of para-hydroxylation sites is 1. The lowest BCUT2D eigenvalue weighted by molar-refractivity contribution is 0.0595. The Kier molecular flexibility index (Phi) is 7.13. The molecule has 2 unspecified atom stereocenters. The van der Waals surface area contributed by atoms with Crippen molar-refractivity contribution < 1.29 is 14.3 Å². The Bertz CT molecular complexity index is 414. The molecule has 0 spiro atoms. The van der Waals surface area contributed by atoms with Crippen molar-refractivity contribution in [2.45, 2.75) is 40.0 Å². The maximum Gasteiger partial charge on any atom is 0.341 e. The minimum absolute atomic E-state index is 0.353. The zero-order valence-electron chi connectivity index (χ0n) is 13.0. The molecule has 0 N–H and O–H groups in total. The smallest absolute Gasteiger partial charge is 0.341 e. The first-order chi connectivity index (χ1) is 9.58. The van der Waals surface area contributed by atoms with Gasteiger partial charge in [-0.2, -0.15) is 0 Å². The van der Waals surface area contributed by atoms with Gasteiger partial charge < -0.3 is 9.47 Å². The van der Waals surface area contributed by atoms with Gasteiger partial charge in [0.2, 0.25) is 0 Å². The normalized spacial score (nSPS) is 13.6. The third-order valence-corrected chi connectivity index (χ3v) is 3.66. The molecule has 1 aromatic rings. The fraction of sp³-hybridized carbons (Fsp3) is 0.588. The quantitative estimate of drug-likeness (QED) is 0.664. The lowest BCUT2D eigenvalue weighted by Gasteiger charge is -2.16. The SMILES string of the molecule is CCC(C)CC(C)CCOc1ccccc1C(=O)OC. The predicted octanol–water partition coefficient (Wildman–Crippen LogP) is 4.31. The summed E-state index contributed by atoms with van der Waals surface area (Å²) < 4.78 is 10.5. The van der Waals surface area contributed by atoms with Crippen LogP contribution in [-0.4, -0.2) is 19.7 Å². The molecule has 0 heterocycles. The van der Waals surface area contributed by atoms with Gasteiger partial charge in [-0.05, 0) is 36.8 Å². The van der Waals surface area contributed by atoms with Crippen molar-refractivity contribution in [1.82, 2.24) is 0 Å². The van der Waals surface area contributed by atoms with Crippen LogP contribution in [0.2, 0.25) is 0 Å². The Labute approximate surface area is 122 Å². The average Bonchev–Trinajstić information content (AvgIpc) is 2.46. The third-order valence-electron chi connectivity index (χ3n) is 3.66. The fourth-order valence-electron chi connectivity index (χ4n) is 2.21. The number of esters is 1. The first-order valence-electron chi connectivity index (χ1n) is 7.38. The molecule has 3 nitrogen and oxygen atoms in total. The van der Waals surface area contributed by atoms with Crippen molar-refractivity contribution >= 4 is 5.97 Å². The molecule has 0 aromatic heterocycles. The minimum Gasteiger partial charge on any atom is -0.493 e. The summed E-state index contributed by atoms with van der Waals surface area (Å²) in [7, 11) is 1.38. The minimum atomic E-state index is -0.353. The molecule has 1 aromatic carbocycles. The van der Waals surface area contributed by atoms with Gasteiger partial charge in [0.1, 0.15) is 11.3 Å². The van der Waals surface area contributed by atoms with Crippen LogP contribution in [0, 0.1) is 11.8 Å². The Morgan fingerprint density at radius 3 is 2.55 bits per heavy atom. The van der Waals surface area contributed by atoms with Gasteiger partial charge in [-0.15, -0.1) is 0 Å². The van der Waals surface area contributed by atoms with Crippen molar-refractivity contribution in [3.63, 3.8) is 0 Å². The number of ether oxygens (including phenoxy) is 2. The highest BCUT2D eigenvalue weighted by molar-refractivity contribution is 5.92. The van der Waals surface area contributed by atoms with Gasteiger partial charge in [-0.1, -0.05) is 39.3 Å². The van der Waals surface area contributed by atoms with E-state index >= 15 is 0 Å². The van der Waals surface area contributed by atoms with Gasteiger partial charge >= 0.3 is 5.97 Å². The Morgan fingerprint density at radius 2 is 1.90 bits per heavy atom. The monoisotopic (exact) mass is 278 g/mol. The summed E-state index contributed by atoms with van der Waals surface area (Å²) in [4.78, 5) is 11.6. The zero-order chi connectivity index (χ0) is 15.0. The highest BCUT2D eigenvalue weighted by Crippen LogP contribution is 2.21. The summed E-state index contributed by atoms with van der Waals surface area (Å²) >= 11 is 0. The molecule has 0 fully saturated rings. The van der Waals surface area contributed by atoms with Crippen LogP contribution >= 0.6 is 0 Å². The number of carbonyl (C=O) groups is 1. The van der Waals surface area contributed by atoms with E-state index in [1.165, 1.54) is 20.0 Å². The molecular formula is C17H26O3. The van der Waals surface area contributed by atoms with Crippen LogP contribution < -0.4 is 4.74 Å². The van der Waals surface area contributed by atoms with E-state index in [4.69, 9.17) is 9.47 Å². The molecule has 0 radical (unpaired) electrons. The molecule has 112 valence electrons. The van der Waals surface area contributed by atoms with Crippen LogP contribution in [0.15, 0.2) is 24.3 Å². The van der Waals surface area contributed by atoms with Crippen molar-refractivity contribution in [3.8, 4) is 5.75 Å². The lowest BCUT2D eigenvalue weighted by Crippen LogP contribution is -2.10. The van der Waals surface area contributed by atoms with E-state index in [-0.39, 0.29) is 5.97 Å². The number of hydrogen-bond donors (Lipinski definition) is 0. The Morgan fingerprint density at radius 1 is 1.20 bits per heavy atom. The molecule has 0 aliphatic rings. The summed E-state index contributed by atoms with van der Waals surface area (Å²) in [6.07, 6.45) is 3.44. The molecule has 0 aliphatic carbocycles. The largest absolute Gasteiger partial charge is 0.493 e. The van der Waals surface area contributed by atoms with E-state index in [2.05, 4.69) is 20.8 Å². The first kappa shape index (κ1) is 16.5. The summed E-state index contributed by atoms with van der Waals surface area (Å²) in [5.41, 5.74) is 0.490. The molecule has 0 aliphatic heterocycles. The summed E-state index contributed by atoms with van der Waals surface area (Å²) in [5, 5.41) is 0. The number of methoxy groups -OCH3 is 1. The highest BCUT2D eigenvalue weighted by Gasteiger charge is 2.13. The number of hydrogen-bond acceptors (Lipinski definition) is 3. The Balaban J connectivity index is 2.48. The molecule has 0 bridgehead atoms. The zero-order valence-corrected chi connectivity index (χ0v) is 13.0. The molecule has 0 saturated heterocycles. The van der Waals surface area contributed by atoms with Gasteiger partial charge in [-0.3, -0.25) is 0 Å². The molecule has 0 amide bonds. The molecule has 20 heavy (non-hydrogen) atoms. The van der Waals surface area contributed by atoms with E-state index in [0.717, 1.165) is 12.3 Å². The lowest BCUT2D eigenvalue weighted by atomic mass is 9.93. The predicted molar refractivity (Wildman–Crippen MR) is 81.1 cm³/mol. The maximum absolute atomic E-state index is 11.6. The second-order valence-corrected chi connectivity index (χ2v) is 5.48. The van der Waals surface area contributed by atoms with Gasteiger partial charge in [0, 0.05) is 0 Å². The second kappa shape index (κ2) is 8.62. The van der Waals surface area contributed by atoms with Crippen LogP contribution in [0.4, 0.5) is 0 Å². The summed E-state index contributed by atoms with van der Waals surface area (Å²) in [6.45, 7) is 7.39. The first-order valence-corrected chi connectivity index (χ1v) is 7.38. The highest BCUT2D eigenvalue weighted by atomic mass is 16.5. The van der Waals surface area contributed by atoms with Crippen LogP contribution in [0.25, 0.3) is 0 Å². The molecule has 0 saturated carbocycles. The molecule has 1 rings (SSSR count). The van der Waals surface area contributed by atoms with Crippen LogP contribution in [0.3, 0.4) is 0 Å². The summed E-state index contributed by atoms with van der Waals surface area (Å²) in [5.74, 6) is 1.64. The van der Waals surface area contributed by atoms with Crippen LogP contribution in [-0.2, 0) is 4.74 Å². The van der Waals surface area contributed by atoms with Gasteiger partial charge in [-0.25, -0.2) is 4.79 Å². The van der Waals surface area contributed by atoms with Crippen molar-refractivity contribution in [1.29, 1.82) is 0 Å². The van der Waals surface area contributed by atoms with E-state index in [9.17, 15) is 4.79 Å².